The molecule has 0 heterocycles. The van der Waals surface area contributed by atoms with E-state index in [2.05, 4.69) is 42.0 Å². The van der Waals surface area contributed by atoms with Gasteiger partial charge in [0, 0.05) is 23.5 Å². The zero-order valence-corrected chi connectivity index (χ0v) is 24.6. The van der Waals surface area contributed by atoms with E-state index in [0.29, 0.717) is 12.2 Å². The Morgan fingerprint density at radius 1 is 0.947 bits per heavy atom. The monoisotopic (exact) mass is 578 g/mol. The molecular formula is C32H39BrN2O3. The van der Waals surface area contributed by atoms with Crippen LogP contribution in [-0.4, -0.2) is 35.4 Å². The molecule has 0 spiro atoms. The zero-order chi connectivity index (χ0) is 27.7. The number of halogens is 1. The van der Waals surface area contributed by atoms with Crippen LogP contribution in [0.15, 0.2) is 83.3 Å². The summed E-state index contributed by atoms with van der Waals surface area (Å²) in [6.45, 7) is 10.5. The Bertz CT molecular complexity index is 1210. The van der Waals surface area contributed by atoms with Crippen LogP contribution in [0.5, 0.6) is 5.75 Å². The van der Waals surface area contributed by atoms with Gasteiger partial charge in [0.2, 0.25) is 5.91 Å². The molecule has 2 unspecified atom stereocenters. The SMILES string of the molecule is CCC(C)NC(=O)C(Cc1ccccc1)N(Cc1cccc(Br)c1)C(=O)COc1ccccc1C(C)(C)C. The Morgan fingerprint density at radius 3 is 2.26 bits per heavy atom. The lowest BCUT2D eigenvalue weighted by Gasteiger charge is -2.32. The van der Waals surface area contributed by atoms with Crippen molar-refractivity contribution in [3.8, 4) is 5.75 Å². The minimum Gasteiger partial charge on any atom is -0.483 e. The molecule has 2 amide bonds. The van der Waals surface area contributed by atoms with E-state index in [4.69, 9.17) is 4.74 Å². The fourth-order valence-electron chi connectivity index (χ4n) is 4.26. The van der Waals surface area contributed by atoms with Crippen molar-refractivity contribution in [1.29, 1.82) is 0 Å². The summed E-state index contributed by atoms with van der Waals surface area (Å²) >= 11 is 3.53. The number of hydrogen-bond acceptors (Lipinski definition) is 3. The molecule has 1 N–H and O–H groups in total. The molecule has 0 radical (unpaired) electrons. The van der Waals surface area contributed by atoms with E-state index in [1.807, 2.05) is 92.7 Å². The molecule has 6 heteroatoms. The first-order valence-corrected chi connectivity index (χ1v) is 14.0. The Morgan fingerprint density at radius 2 is 1.61 bits per heavy atom. The van der Waals surface area contributed by atoms with Gasteiger partial charge in [-0.15, -0.1) is 0 Å². The Kier molecular flexibility index (Phi) is 10.5. The van der Waals surface area contributed by atoms with Crippen molar-refractivity contribution >= 4 is 27.7 Å². The van der Waals surface area contributed by atoms with Crippen LogP contribution < -0.4 is 10.1 Å². The minimum absolute atomic E-state index is 0.00138. The lowest BCUT2D eigenvalue weighted by Crippen LogP contribution is -2.53. The molecule has 0 aliphatic carbocycles. The summed E-state index contributed by atoms with van der Waals surface area (Å²) in [6, 6.07) is 24.7. The van der Waals surface area contributed by atoms with Crippen molar-refractivity contribution in [1.82, 2.24) is 10.2 Å². The summed E-state index contributed by atoms with van der Waals surface area (Å²) in [5.74, 6) is 0.273. The summed E-state index contributed by atoms with van der Waals surface area (Å²) in [7, 11) is 0. The van der Waals surface area contributed by atoms with Gasteiger partial charge in [-0.2, -0.15) is 0 Å². The number of nitrogens with zero attached hydrogens (tertiary/aromatic N) is 1. The van der Waals surface area contributed by atoms with Gasteiger partial charge in [0.25, 0.3) is 5.91 Å². The third kappa shape index (κ3) is 8.45. The molecule has 0 bridgehead atoms. The van der Waals surface area contributed by atoms with Crippen LogP contribution in [0.4, 0.5) is 0 Å². The van der Waals surface area contributed by atoms with Crippen molar-refractivity contribution in [3.05, 3.63) is 100 Å². The number of ether oxygens (including phenoxy) is 1. The summed E-state index contributed by atoms with van der Waals surface area (Å²) in [6.07, 6.45) is 1.21. The highest BCUT2D eigenvalue weighted by Crippen LogP contribution is 2.31. The third-order valence-electron chi connectivity index (χ3n) is 6.56. The van der Waals surface area contributed by atoms with Crippen molar-refractivity contribution in [2.45, 2.75) is 71.5 Å². The van der Waals surface area contributed by atoms with Crippen molar-refractivity contribution < 1.29 is 14.3 Å². The maximum absolute atomic E-state index is 13.9. The zero-order valence-electron chi connectivity index (χ0n) is 23.0. The van der Waals surface area contributed by atoms with Crippen molar-refractivity contribution in [2.24, 2.45) is 0 Å². The molecule has 2 atom stereocenters. The first-order chi connectivity index (χ1) is 18.1. The van der Waals surface area contributed by atoms with Gasteiger partial charge < -0.3 is 15.0 Å². The fourth-order valence-corrected chi connectivity index (χ4v) is 4.71. The van der Waals surface area contributed by atoms with Crippen LogP contribution in [0.2, 0.25) is 0 Å². The number of carbonyl (C=O) groups is 2. The molecule has 0 aliphatic rings. The molecule has 3 rings (SSSR count). The smallest absolute Gasteiger partial charge is 0.261 e. The number of para-hydroxylation sites is 1. The predicted octanol–water partition coefficient (Wildman–Crippen LogP) is 6.68. The van der Waals surface area contributed by atoms with E-state index in [-0.39, 0.29) is 36.4 Å². The van der Waals surface area contributed by atoms with Crippen molar-refractivity contribution in [3.63, 3.8) is 0 Å². The van der Waals surface area contributed by atoms with Gasteiger partial charge in [-0.3, -0.25) is 9.59 Å². The number of hydrogen-bond donors (Lipinski definition) is 1. The number of amides is 2. The molecule has 0 saturated carbocycles. The predicted molar refractivity (Wildman–Crippen MR) is 157 cm³/mol. The van der Waals surface area contributed by atoms with Crippen LogP contribution in [0.1, 0.15) is 57.7 Å². The highest BCUT2D eigenvalue weighted by molar-refractivity contribution is 9.10. The maximum atomic E-state index is 13.9. The topological polar surface area (TPSA) is 58.6 Å². The lowest BCUT2D eigenvalue weighted by atomic mass is 9.86. The minimum atomic E-state index is -0.695. The summed E-state index contributed by atoms with van der Waals surface area (Å²) < 4.78 is 7.04. The summed E-state index contributed by atoms with van der Waals surface area (Å²) in [4.78, 5) is 29.2. The third-order valence-corrected chi connectivity index (χ3v) is 7.05. The van der Waals surface area contributed by atoms with Gasteiger partial charge in [0.05, 0.1) is 0 Å². The fraction of sp³-hybridized carbons (Fsp3) is 0.375. The Hall–Kier alpha value is -3.12. The molecule has 0 saturated heterocycles. The van der Waals surface area contributed by atoms with E-state index < -0.39 is 6.04 Å². The lowest BCUT2D eigenvalue weighted by molar-refractivity contribution is -0.143. The van der Waals surface area contributed by atoms with E-state index in [9.17, 15) is 9.59 Å². The average molecular weight is 580 g/mol. The molecule has 38 heavy (non-hydrogen) atoms. The van der Waals surface area contributed by atoms with Crippen LogP contribution >= 0.6 is 15.9 Å². The van der Waals surface area contributed by atoms with E-state index in [0.717, 1.165) is 27.6 Å². The average Bonchev–Trinajstić information content (AvgIpc) is 2.89. The van der Waals surface area contributed by atoms with E-state index in [1.54, 1.807) is 4.90 Å². The van der Waals surface area contributed by atoms with E-state index >= 15 is 0 Å². The van der Waals surface area contributed by atoms with Gasteiger partial charge in [-0.1, -0.05) is 104 Å². The van der Waals surface area contributed by atoms with Crippen LogP contribution in [-0.2, 0) is 28.0 Å². The maximum Gasteiger partial charge on any atom is 0.261 e. The van der Waals surface area contributed by atoms with Gasteiger partial charge in [-0.25, -0.2) is 0 Å². The molecule has 0 fully saturated rings. The normalized spacial score (nSPS) is 12.9. The van der Waals surface area contributed by atoms with Gasteiger partial charge in [0.1, 0.15) is 11.8 Å². The number of carbonyl (C=O) groups excluding carboxylic acids is 2. The quantitative estimate of drug-likeness (QED) is 0.276. The molecule has 202 valence electrons. The second-order valence-corrected chi connectivity index (χ2v) is 11.6. The molecule has 3 aromatic rings. The second-order valence-electron chi connectivity index (χ2n) is 10.7. The molecule has 0 aliphatic heterocycles. The molecular weight excluding hydrogens is 540 g/mol. The van der Waals surface area contributed by atoms with Crippen molar-refractivity contribution in [2.75, 3.05) is 6.61 Å². The van der Waals surface area contributed by atoms with E-state index in [1.165, 1.54) is 0 Å². The summed E-state index contributed by atoms with van der Waals surface area (Å²) in [5.41, 5.74) is 2.81. The van der Waals surface area contributed by atoms with Gasteiger partial charge in [-0.05, 0) is 53.6 Å². The van der Waals surface area contributed by atoms with Gasteiger partial charge in [0.15, 0.2) is 6.61 Å². The highest BCUT2D eigenvalue weighted by Gasteiger charge is 2.31. The van der Waals surface area contributed by atoms with Crippen LogP contribution in [0.3, 0.4) is 0 Å². The molecule has 0 aromatic heterocycles. The van der Waals surface area contributed by atoms with Crippen LogP contribution in [0.25, 0.3) is 0 Å². The van der Waals surface area contributed by atoms with Gasteiger partial charge >= 0.3 is 0 Å². The Labute approximate surface area is 235 Å². The second kappa shape index (κ2) is 13.6. The Balaban J connectivity index is 1.95. The van der Waals surface area contributed by atoms with Crippen LogP contribution in [0, 0.1) is 0 Å². The molecule has 3 aromatic carbocycles. The first kappa shape index (κ1) is 29.4. The standard InChI is InChI=1S/C32H39BrN2O3/c1-6-23(2)34-31(37)28(20-24-13-8-7-9-14-24)35(21-25-15-12-16-26(33)19-25)30(36)22-38-29-18-11-10-17-27(29)32(3,4)5/h7-19,23,28H,6,20-22H2,1-5H3,(H,34,37). The first-order valence-electron chi connectivity index (χ1n) is 13.2. The molecule has 5 nitrogen and oxygen atoms in total. The summed E-state index contributed by atoms with van der Waals surface area (Å²) in [5, 5.41) is 3.10. The largest absolute Gasteiger partial charge is 0.483 e. The number of nitrogens with one attached hydrogen (secondary N) is 1. The number of rotatable bonds is 11. The number of benzene rings is 3. The highest BCUT2D eigenvalue weighted by atomic mass is 79.9.